The summed E-state index contributed by atoms with van der Waals surface area (Å²) in [4.78, 5) is 6.59. The van der Waals surface area contributed by atoms with E-state index in [9.17, 15) is 8.42 Å². The van der Waals surface area contributed by atoms with E-state index in [-0.39, 0.29) is 4.90 Å². The van der Waals surface area contributed by atoms with Crippen LogP contribution in [0.25, 0.3) is 0 Å². The number of piperidine rings is 1. The summed E-state index contributed by atoms with van der Waals surface area (Å²) in [6.07, 6.45) is 3.47. The first kappa shape index (κ1) is 16.2. The predicted octanol–water partition coefficient (Wildman–Crippen LogP) is 1.13. The second-order valence-corrected chi connectivity index (χ2v) is 7.27. The molecule has 0 saturated carbocycles. The minimum absolute atomic E-state index is 0.220. The number of anilines is 1. The normalized spacial score (nSPS) is 17.8. The molecule has 1 saturated heterocycles. The van der Waals surface area contributed by atoms with Crippen LogP contribution in [-0.2, 0) is 10.0 Å². The van der Waals surface area contributed by atoms with Gasteiger partial charge in [0.25, 0.3) is 0 Å². The molecular formula is C14H24N4O2S. The van der Waals surface area contributed by atoms with Crippen LogP contribution >= 0.6 is 0 Å². The fourth-order valence-electron chi connectivity index (χ4n) is 2.40. The quantitative estimate of drug-likeness (QED) is 0.824. The Hall–Kier alpha value is -1.18. The molecule has 0 atom stereocenters. The SMILES string of the molecule is CCNc1ccc(S(=O)(=O)NCC2CCN(C)CC2)cn1. The molecule has 1 aromatic heterocycles. The molecule has 1 aliphatic heterocycles. The van der Waals surface area contributed by atoms with E-state index in [0.717, 1.165) is 32.5 Å². The van der Waals surface area contributed by atoms with Crippen molar-refractivity contribution in [2.24, 2.45) is 5.92 Å². The second kappa shape index (κ2) is 7.20. The van der Waals surface area contributed by atoms with Gasteiger partial charge in [-0.3, -0.25) is 0 Å². The maximum atomic E-state index is 12.2. The third-order valence-corrected chi connectivity index (χ3v) is 5.21. The summed E-state index contributed by atoms with van der Waals surface area (Å²) >= 11 is 0. The summed E-state index contributed by atoms with van der Waals surface area (Å²) in [5.74, 6) is 1.11. The van der Waals surface area contributed by atoms with Crippen LogP contribution in [0.3, 0.4) is 0 Å². The Morgan fingerprint density at radius 1 is 1.33 bits per heavy atom. The second-order valence-electron chi connectivity index (χ2n) is 5.51. The first-order valence-corrected chi connectivity index (χ1v) is 8.87. The molecule has 7 heteroatoms. The maximum Gasteiger partial charge on any atom is 0.242 e. The largest absolute Gasteiger partial charge is 0.370 e. The number of sulfonamides is 1. The minimum Gasteiger partial charge on any atom is -0.370 e. The highest BCUT2D eigenvalue weighted by Gasteiger charge is 2.20. The first-order chi connectivity index (χ1) is 10.0. The van der Waals surface area contributed by atoms with Gasteiger partial charge in [0.2, 0.25) is 10.0 Å². The van der Waals surface area contributed by atoms with Crippen LogP contribution in [0.1, 0.15) is 19.8 Å². The van der Waals surface area contributed by atoms with Crippen LogP contribution in [-0.4, -0.2) is 51.5 Å². The number of nitrogens with one attached hydrogen (secondary N) is 2. The van der Waals surface area contributed by atoms with Gasteiger partial charge < -0.3 is 10.2 Å². The van der Waals surface area contributed by atoms with Crippen LogP contribution in [0, 0.1) is 5.92 Å². The molecule has 0 aliphatic carbocycles. The van der Waals surface area contributed by atoms with Gasteiger partial charge in [0, 0.05) is 19.3 Å². The number of nitrogens with zero attached hydrogens (tertiary/aromatic N) is 2. The van der Waals surface area contributed by atoms with E-state index in [4.69, 9.17) is 0 Å². The van der Waals surface area contributed by atoms with Crippen molar-refractivity contribution in [1.82, 2.24) is 14.6 Å². The summed E-state index contributed by atoms with van der Waals surface area (Å²) in [6, 6.07) is 3.27. The summed E-state index contributed by atoms with van der Waals surface area (Å²) in [5.41, 5.74) is 0. The molecule has 1 aromatic rings. The van der Waals surface area contributed by atoms with Crippen LogP contribution in [0.5, 0.6) is 0 Å². The van der Waals surface area contributed by atoms with Crippen LogP contribution in [0.15, 0.2) is 23.2 Å². The summed E-state index contributed by atoms with van der Waals surface area (Å²) < 4.78 is 27.2. The Bertz CT molecular complexity index is 537. The van der Waals surface area contributed by atoms with Crippen LogP contribution in [0.4, 0.5) is 5.82 Å². The van der Waals surface area contributed by atoms with Gasteiger partial charge >= 0.3 is 0 Å². The highest BCUT2D eigenvalue weighted by molar-refractivity contribution is 7.89. The van der Waals surface area contributed by atoms with Crippen molar-refractivity contribution < 1.29 is 8.42 Å². The molecule has 0 bridgehead atoms. The Balaban J connectivity index is 1.91. The number of aromatic nitrogens is 1. The van der Waals surface area contributed by atoms with Crippen molar-refractivity contribution in [1.29, 1.82) is 0 Å². The zero-order chi connectivity index (χ0) is 15.3. The third-order valence-electron chi connectivity index (χ3n) is 3.80. The molecular weight excluding hydrogens is 288 g/mol. The molecule has 2 rings (SSSR count). The van der Waals surface area contributed by atoms with Gasteiger partial charge in [0.15, 0.2) is 0 Å². The monoisotopic (exact) mass is 312 g/mol. The molecule has 1 fully saturated rings. The molecule has 0 aromatic carbocycles. The van der Waals surface area contributed by atoms with Crippen molar-refractivity contribution >= 4 is 15.8 Å². The van der Waals surface area contributed by atoms with Crippen molar-refractivity contribution in [3.8, 4) is 0 Å². The minimum atomic E-state index is -3.46. The van der Waals surface area contributed by atoms with Gasteiger partial charge in [-0.15, -0.1) is 0 Å². The fourth-order valence-corrected chi connectivity index (χ4v) is 3.46. The molecule has 2 N–H and O–H groups in total. The molecule has 0 spiro atoms. The summed E-state index contributed by atoms with van der Waals surface area (Å²) in [6.45, 7) is 5.30. The van der Waals surface area contributed by atoms with E-state index in [0.29, 0.717) is 18.3 Å². The first-order valence-electron chi connectivity index (χ1n) is 7.39. The lowest BCUT2D eigenvalue weighted by molar-refractivity contribution is 0.220. The Labute approximate surface area is 127 Å². The van der Waals surface area contributed by atoms with Gasteiger partial charge in [0.1, 0.15) is 10.7 Å². The van der Waals surface area contributed by atoms with Crippen LogP contribution in [0.2, 0.25) is 0 Å². The Kier molecular flexibility index (Phi) is 5.55. The summed E-state index contributed by atoms with van der Waals surface area (Å²) in [5, 5.41) is 3.04. The fraction of sp³-hybridized carbons (Fsp3) is 0.643. The number of likely N-dealkylation sites (tertiary alicyclic amines) is 1. The van der Waals surface area contributed by atoms with E-state index in [1.54, 1.807) is 12.1 Å². The Morgan fingerprint density at radius 3 is 2.62 bits per heavy atom. The van der Waals surface area contributed by atoms with Crippen molar-refractivity contribution in [3.63, 3.8) is 0 Å². The topological polar surface area (TPSA) is 74.3 Å². The lowest BCUT2D eigenvalue weighted by atomic mass is 9.98. The zero-order valence-corrected chi connectivity index (χ0v) is 13.5. The number of rotatable bonds is 6. The maximum absolute atomic E-state index is 12.2. The van der Waals surface area contributed by atoms with E-state index in [2.05, 4.69) is 27.0 Å². The van der Waals surface area contributed by atoms with E-state index >= 15 is 0 Å². The highest BCUT2D eigenvalue weighted by atomic mass is 32.2. The van der Waals surface area contributed by atoms with E-state index in [1.165, 1.54) is 6.20 Å². The molecule has 118 valence electrons. The standard InChI is InChI=1S/C14H24N4O2S/c1-3-15-14-5-4-13(11-16-14)21(19,20)17-10-12-6-8-18(2)9-7-12/h4-5,11-12,17H,3,6-10H2,1-2H3,(H,15,16). The van der Waals surface area contributed by atoms with Gasteiger partial charge in [-0.1, -0.05) is 0 Å². The molecule has 2 heterocycles. The lowest BCUT2D eigenvalue weighted by Crippen LogP contribution is -2.36. The lowest BCUT2D eigenvalue weighted by Gasteiger charge is -2.28. The van der Waals surface area contributed by atoms with Crippen LogP contribution < -0.4 is 10.0 Å². The average Bonchev–Trinajstić information content (AvgIpc) is 2.48. The van der Waals surface area contributed by atoms with E-state index in [1.807, 2.05) is 6.92 Å². The van der Waals surface area contributed by atoms with Crippen molar-refractivity contribution in [2.75, 3.05) is 38.5 Å². The number of hydrogen-bond donors (Lipinski definition) is 2. The average molecular weight is 312 g/mol. The van der Waals surface area contributed by atoms with Crippen molar-refractivity contribution in [2.45, 2.75) is 24.7 Å². The number of hydrogen-bond acceptors (Lipinski definition) is 5. The van der Waals surface area contributed by atoms with Crippen molar-refractivity contribution in [3.05, 3.63) is 18.3 Å². The summed E-state index contributed by atoms with van der Waals surface area (Å²) in [7, 11) is -1.36. The molecule has 1 aliphatic rings. The molecule has 0 unspecified atom stereocenters. The molecule has 21 heavy (non-hydrogen) atoms. The molecule has 6 nitrogen and oxygen atoms in total. The Morgan fingerprint density at radius 2 is 2.05 bits per heavy atom. The van der Waals surface area contributed by atoms with Gasteiger partial charge in [0.05, 0.1) is 0 Å². The van der Waals surface area contributed by atoms with Gasteiger partial charge in [-0.05, 0) is 58.0 Å². The third kappa shape index (κ3) is 4.66. The van der Waals surface area contributed by atoms with Gasteiger partial charge in [-0.2, -0.15) is 0 Å². The van der Waals surface area contributed by atoms with E-state index < -0.39 is 10.0 Å². The smallest absolute Gasteiger partial charge is 0.242 e. The highest BCUT2D eigenvalue weighted by Crippen LogP contribution is 2.16. The zero-order valence-electron chi connectivity index (χ0n) is 12.7. The predicted molar refractivity (Wildman–Crippen MR) is 83.8 cm³/mol. The molecule has 0 radical (unpaired) electrons. The number of pyridine rings is 1. The molecule has 0 amide bonds. The van der Waals surface area contributed by atoms with Gasteiger partial charge in [-0.25, -0.2) is 18.1 Å².